The second kappa shape index (κ2) is 7.26. The van der Waals surface area contributed by atoms with Gasteiger partial charge in [0.2, 0.25) is 0 Å². The van der Waals surface area contributed by atoms with Crippen molar-refractivity contribution in [1.82, 2.24) is 9.80 Å². The molecule has 0 amide bonds. The predicted octanol–water partition coefficient (Wildman–Crippen LogP) is 2.88. The van der Waals surface area contributed by atoms with Crippen LogP contribution in [0.2, 0.25) is 0 Å². The van der Waals surface area contributed by atoms with Gasteiger partial charge in [0.1, 0.15) is 5.75 Å². The largest absolute Gasteiger partial charge is 0.497 e. The Hall–Kier alpha value is -1.10. The van der Waals surface area contributed by atoms with Gasteiger partial charge >= 0.3 is 0 Å². The molecule has 1 saturated carbocycles. The normalized spacial score (nSPS) is 30.4. The van der Waals surface area contributed by atoms with Crippen molar-refractivity contribution in [2.75, 3.05) is 53.6 Å². The lowest BCUT2D eigenvalue weighted by Crippen LogP contribution is -2.36. The predicted molar refractivity (Wildman–Crippen MR) is 99.9 cm³/mol. The van der Waals surface area contributed by atoms with Crippen LogP contribution in [0, 0.1) is 17.3 Å². The minimum atomic E-state index is 0.435. The maximum absolute atomic E-state index is 6.10. The first-order valence-corrected chi connectivity index (χ1v) is 9.78. The zero-order valence-corrected chi connectivity index (χ0v) is 15.7. The van der Waals surface area contributed by atoms with Gasteiger partial charge in [-0.3, -0.25) is 4.90 Å². The van der Waals surface area contributed by atoms with E-state index in [0.29, 0.717) is 11.3 Å². The quantitative estimate of drug-likeness (QED) is 0.759. The molecular weight excluding hydrogens is 312 g/mol. The Morgan fingerprint density at radius 1 is 1.12 bits per heavy atom. The highest BCUT2D eigenvalue weighted by Crippen LogP contribution is 2.44. The standard InChI is InChI=1S/C21H32N2O2/c1-22-12-19(14-25-13-18-3-4-18)21(15-22)9-10-23(16-21)11-17-5-7-20(24-2)8-6-17/h5-8,18-19H,3-4,9-16H2,1-2H3/t19-,21-/m1/s1. The van der Waals surface area contributed by atoms with Crippen molar-refractivity contribution in [3.8, 4) is 5.75 Å². The fourth-order valence-electron chi connectivity index (χ4n) is 4.76. The summed E-state index contributed by atoms with van der Waals surface area (Å²) in [5, 5.41) is 0. The zero-order valence-electron chi connectivity index (χ0n) is 15.7. The minimum absolute atomic E-state index is 0.435. The number of nitrogens with zero attached hydrogens (tertiary/aromatic N) is 2. The molecule has 4 rings (SSSR count). The Bertz CT molecular complexity index is 572. The molecule has 0 aromatic heterocycles. The molecule has 3 fully saturated rings. The molecule has 0 N–H and O–H groups in total. The van der Waals surface area contributed by atoms with Crippen molar-refractivity contribution in [3.05, 3.63) is 29.8 Å². The molecule has 138 valence electrons. The molecule has 2 aliphatic heterocycles. The molecule has 2 saturated heterocycles. The summed E-state index contributed by atoms with van der Waals surface area (Å²) in [6.45, 7) is 7.83. The van der Waals surface area contributed by atoms with E-state index in [1.165, 1.54) is 51.0 Å². The van der Waals surface area contributed by atoms with Crippen LogP contribution >= 0.6 is 0 Å². The van der Waals surface area contributed by atoms with Gasteiger partial charge in [-0.2, -0.15) is 0 Å². The van der Waals surface area contributed by atoms with Gasteiger partial charge in [0, 0.05) is 44.1 Å². The maximum atomic E-state index is 6.10. The van der Waals surface area contributed by atoms with Gasteiger partial charge in [-0.05, 0) is 56.5 Å². The van der Waals surface area contributed by atoms with E-state index in [4.69, 9.17) is 9.47 Å². The van der Waals surface area contributed by atoms with Gasteiger partial charge in [0.25, 0.3) is 0 Å². The average Bonchev–Trinajstić information content (AvgIpc) is 3.27. The average molecular weight is 344 g/mol. The molecule has 0 bridgehead atoms. The summed E-state index contributed by atoms with van der Waals surface area (Å²) in [5.41, 5.74) is 1.82. The van der Waals surface area contributed by atoms with Crippen molar-refractivity contribution in [3.63, 3.8) is 0 Å². The molecule has 4 heteroatoms. The van der Waals surface area contributed by atoms with Gasteiger partial charge in [-0.15, -0.1) is 0 Å². The first-order chi connectivity index (χ1) is 12.2. The zero-order chi connectivity index (χ0) is 17.3. The molecular formula is C21H32N2O2. The van der Waals surface area contributed by atoms with Crippen LogP contribution in [0.1, 0.15) is 24.8 Å². The SMILES string of the molecule is COc1ccc(CN2CC[C@@]3(CN(C)C[C@@H]3COCC3CC3)C2)cc1. The van der Waals surface area contributed by atoms with Gasteiger partial charge in [-0.1, -0.05) is 12.1 Å². The summed E-state index contributed by atoms with van der Waals surface area (Å²) < 4.78 is 11.4. The second-order valence-electron chi connectivity index (χ2n) is 8.55. The van der Waals surface area contributed by atoms with Gasteiger partial charge < -0.3 is 14.4 Å². The summed E-state index contributed by atoms with van der Waals surface area (Å²) in [6.07, 6.45) is 4.07. The van der Waals surface area contributed by atoms with Gasteiger partial charge in [-0.25, -0.2) is 0 Å². The first-order valence-electron chi connectivity index (χ1n) is 9.78. The summed E-state index contributed by atoms with van der Waals surface area (Å²) in [7, 11) is 4.00. The number of hydrogen-bond donors (Lipinski definition) is 0. The Balaban J connectivity index is 1.34. The van der Waals surface area contributed by atoms with E-state index >= 15 is 0 Å². The Morgan fingerprint density at radius 3 is 2.64 bits per heavy atom. The fraction of sp³-hybridized carbons (Fsp3) is 0.714. The topological polar surface area (TPSA) is 24.9 Å². The number of benzene rings is 1. The number of rotatable bonds is 7. The Morgan fingerprint density at radius 2 is 1.92 bits per heavy atom. The molecule has 1 aromatic rings. The van der Waals surface area contributed by atoms with Crippen molar-refractivity contribution in [2.45, 2.75) is 25.8 Å². The third kappa shape index (κ3) is 4.02. The highest BCUT2D eigenvalue weighted by molar-refractivity contribution is 5.27. The maximum Gasteiger partial charge on any atom is 0.118 e. The highest BCUT2D eigenvalue weighted by Gasteiger charge is 2.49. The summed E-state index contributed by atoms with van der Waals surface area (Å²) in [6, 6.07) is 8.53. The van der Waals surface area contributed by atoms with E-state index in [2.05, 4.69) is 41.1 Å². The summed E-state index contributed by atoms with van der Waals surface area (Å²) in [4.78, 5) is 5.15. The Labute approximate surface area is 152 Å². The van der Waals surface area contributed by atoms with E-state index in [0.717, 1.165) is 31.4 Å². The van der Waals surface area contributed by atoms with Crippen LogP contribution in [0.4, 0.5) is 0 Å². The summed E-state index contributed by atoms with van der Waals surface area (Å²) in [5.74, 6) is 2.49. The molecule has 3 aliphatic rings. The lowest BCUT2D eigenvalue weighted by atomic mass is 9.77. The number of hydrogen-bond acceptors (Lipinski definition) is 4. The molecule has 1 aromatic carbocycles. The van der Waals surface area contributed by atoms with E-state index in [1.807, 2.05) is 0 Å². The van der Waals surface area contributed by atoms with Crippen LogP contribution in [-0.2, 0) is 11.3 Å². The molecule has 1 spiro atoms. The van der Waals surface area contributed by atoms with E-state index in [-0.39, 0.29) is 0 Å². The highest BCUT2D eigenvalue weighted by atomic mass is 16.5. The molecule has 4 nitrogen and oxygen atoms in total. The lowest BCUT2D eigenvalue weighted by molar-refractivity contribution is 0.0556. The van der Waals surface area contributed by atoms with Crippen LogP contribution in [0.5, 0.6) is 5.75 Å². The Kier molecular flexibility index (Phi) is 5.03. The van der Waals surface area contributed by atoms with Crippen LogP contribution < -0.4 is 4.74 Å². The van der Waals surface area contributed by atoms with Crippen molar-refractivity contribution in [1.29, 1.82) is 0 Å². The van der Waals surface area contributed by atoms with Crippen LogP contribution in [0.25, 0.3) is 0 Å². The van der Waals surface area contributed by atoms with E-state index in [9.17, 15) is 0 Å². The second-order valence-corrected chi connectivity index (χ2v) is 8.55. The van der Waals surface area contributed by atoms with Crippen molar-refractivity contribution < 1.29 is 9.47 Å². The van der Waals surface area contributed by atoms with Crippen molar-refractivity contribution in [2.24, 2.45) is 17.3 Å². The van der Waals surface area contributed by atoms with E-state index < -0.39 is 0 Å². The summed E-state index contributed by atoms with van der Waals surface area (Å²) >= 11 is 0. The fourth-order valence-corrected chi connectivity index (χ4v) is 4.76. The third-order valence-corrected chi connectivity index (χ3v) is 6.38. The lowest BCUT2D eigenvalue weighted by Gasteiger charge is -2.30. The molecule has 0 radical (unpaired) electrons. The first kappa shape index (κ1) is 17.3. The minimum Gasteiger partial charge on any atom is -0.497 e. The number of methoxy groups -OCH3 is 1. The number of likely N-dealkylation sites (tertiary alicyclic amines) is 2. The van der Waals surface area contributed by atoms with E-state index in [1.54, 1.807) is 7.11 Å². The van der Waals surface area contributed by atoms with Crippen LogP contribution in [0.15, 0.2) is 24.3 Å². The molecule has 1 aliphatic carbocycles. The molecule has 25 heavy (non-hydrogen) atoms. The van der Waals surface area contributed by atoms with Gasteiger partial charge in [0.05, 0.1) is 13.7 Å². The molecule has 2 heterocycles. The molecule has 0 unspecified atom stereocenters. The monoisotopic (exact) mass is 344 g/mol. The molecule has 2 atom stereocenters. The number of ether oxygens (including phenoxy) is 2. The van der Waals surface area contributed by atoms with Crippen LogP contribution in [0.3, 0.4) is 0 Å². The van der Waals surface area contributed by atoms with Crippen LogP contribution in [-0.4, -0.2) is 63.4 Å². The van der Waals surface area contributed by atoms with Gasteiger partial charge in [0.15, 0.2) is 0 Å². The van der Waals surface area contributed by atoms with Crippen molar-refractivity contribution >= 4 is 0 Å². The third-order valence-electron chi connectivity index (χ3n) is 6.38. The smallest absolute Gasteiger partial charge is 0.118 e.